The Bertz CT molecular complexity index is 490. The molecule has 0 saturated heterocycles. The minimum Gasteiger partial charge on any atom is -0.312 e. The van der Waals surface area contributed by atoms with E-state index in [0.29, 0.717) is 11.8 Å². The SMILES string of the molecule is [C-]1=C(c2[c-]cccc2)C2C3C=CC1C=CC32.[W+2]. The van der Waals surface area contributed by atoms with E-state index in [1.54, 1.807) is 0 Å². The zero-order valence-corrected chi connectivity index (χ0v) is 12.3. The van der Waals surface area contributed by atoms with Crippen LogP contribution in [0.15, 0.2) is 48.6 Å². The Morgan fingerprint density at radius 2 is 1.71 bits per heavy atom. The van der Waals surface area contributed by atoms with Crippen molar-refractivity contribution in [2.24, 2.45) is 23.7 Å². The molecule has 0 spiro atoms. The van der Waals surface area contributed by atoms with Crippen LogP contribution in [0.2, 0.25) is 0 Å². The predicted molar refractivity (Wildman–Crippen MR) is 64.2 cm³/mol. The molecule has 0 radical (unpaired) electrons. The maximum atomic E-state index is 3.63. The zero-order chi connectivity index (χ0) is 10.5. The first-order chi connectivity index (χ1) is 7.93. The molecule has 2 atom stereocenters. The number of benzene rings is 1. The Hall–Kier alpha value is -0.872. The van der Waals surface area contributed by atoms with E-state index in [-0.39, 0.29) is 21.1 Å². The van der Waals surface area contributed by atoms with Crippen LogP contribution in [-0.4, -0.2) is 0 Å². The van der Waals surface area contributed by atoms with E-state index in [1.807, 2.05) is 12.1 Å². The van der Waals surface area contributed by atoms with Gasteiger partial charge < -0.3 is 11.6 Å². The van der Waals surface area contributed by atoms with Crippen LogP contribution in [0.5, 0.6) is 0 Å². The zero-order valence-electron chi connectivity index (χ0n) is 9.34. The minimum absolute atomic E-state index is 0. The molecule has 5 rings (SSSR count). The number of rotatable bonds is 1. The van der Waals surface area contributed by atoms with Crippen molar-refractivity contribution < 1.29 is 21.1 Å². The minimum atomic E-state index is 0. The maximum absolute atomic E-state index is 3.63. The van der Waals surface area contributed by atoms with Gasteiger partial charge in [-0.2, -0.15) is 12.1 Å². The van der Waals surface area contributed by atoms with Crippen LogP contribution in [0.25, 0.3) is 5.57 Å². The average molecular weight is 388 g/mol. The van der Waals surface area contributed by atoms with Gasteiger partial charge in [-0.05, 0) is 11.8 Å². The van der Waals surface area contributed by atoms with Crippen LogP contribution in [0, 0.1) is 35.8 Å². The molecule has 82 valence electrons. The van der Waals surface area contributed by atoms with Gasteiger partial charge in [-0.1, -0.05) is 36.1 Å². The van der Waals surface area contributed by atoms with Crippen molar-refractivity contribution in [3.63, 3.8) is 0 Å². The van der Waals surface area contributed by atoms with Gasteiger partial charge in [-0.3, -0.25) is 5.57 Å². The van der Waals surface area contributed by atoms with Crippen LogP contribution in [0.1, 0.15) is 5.56 Å². The third-order valence-electron chi connectivity index (χ3n) is 3.87. The quantitative estimate of drug-likeness (QED) is 0.512. The van der Waals surface area contributed by atoms with Crippen LogP contribution in [-0.2, 0) is 21.1 Å². The smallest absolute Gasteiger partial charge is 0.312 e. The molecule has 0 aromatic heterocycles. The Morgan fingerprint density at radius 1 is 0.941 bits per heavy atom. The van der Waals surface area contributed by atoms with Crippen LogP contribution in [0.4, 0.5) is 0 Å². The summed E-state index contributed by atoms with van der Waals surface area (Å²) in [6, 6.07) is 11.6. The molecule has 17 heavy (non-hydrogen) atoms. The van der Waals surface area contributed by atoms with Gasteiger partial charge in [0.2, 0.25) is 0 Å². The third kappa shape index (κ3) is 1.70. The molecule has 4 aliphatic carbocycles. The van der Waals surface area contributed by atoms with E-state index < -0.39 is 0 Å². The Morgan fingerprint density at radius 3 is 2.35 bits per heavy atom. The van der Waals surface area contributed by atoms with Gasteiger partial charge >= 0.3 is 21.1 Å². The monoisotopic (exact) mass is 388 g/mol. The Kier molecular flexibility index (Phi) is 2.71. The van der Waals surface area contributed by atoms with Gasteiger partial charge in [0.25, 0.3) is 0 Å². The molecule has 0 N–H and O–H groups in total. The molecule has 0 heterocycles. The van der Waals surface area contributed by atoms with Crippen molar-refractivity contribution in [3.05, 3.63) is 66.3 Å². The molecular weight excluding hydrogens is 376 g/mol. The normalized spacial score (nSPS) is 35.6. The largest absolute Gasteiger partial charge is 2.00 e. The molecule has 1 saturated carbocycles. The fourth-order valence-electron chi connectivity index (χ4n) is 2.99. The molecule has 1 aromatic carbocycles. The van der Waals surface area contributed by atoms with Gasteiger partial charge in [0.05, 0.1) is 0 Å². The van der Waals surface area contributed by atoms with Crippen LogP contribution >= 0.6 is 0 Å². The van der Waals surface area contributed by atoms with Crippen molar-refractivity contribution in [1.82, 2.24) is 0 Å². The molecule has 2 unspecified atom stereocenters. The first-order valence-corrected chi connectivity index (χ1v) is 5.90. The second-order valence-electron chi connectivity index (χ2n) is 4.81. The summed E-state index contributed by atoms with van der Waals surface area (Å²) in [6.07, 6.45) is 13.0. The first-order valence-electron chi connectivity index (χ1n) is 5.90. The predicted octanol–water partition coefficient (Wildman–Crippen LogP) is 3.29. The molecule has 1 fully saturated rings. The number of hydrogen-bond acceptors (Lipinski definition) is 0. The summed E-state index contributed by atoms with van der Waals surface area (Å²) in [7, 11) is 0. The molecule has 4 aliphatic rings. The van der Waals surface area contributed by atoms with Crippen molar-refractivity contribution >= 4 is 5.57 Å². The number of allylic oxidation sites excluding steroid dienone is 6. The van der Waals surface area contributed by atoms with Gasteiger partial charge in [0.1, 0.15) is 0 Å². The van der Waals surface area contributed by atoms with E-state index >= 15 is 0 Å². The molecule has 1 aromatic rings. The van der Waals surface area contributed by atoms with E-state index in [2.05, 4.69) is 48.6 Å². The second-order valence-corrected chi connectivity index (χ2v) is 4.81. The molecule has 1 heteroatoms. The maximum Gasteiger partial charge on any atom is 2.00 e. The molecular formula is C16H12W. The molecule has 4 bridgehead atoms. The first kappa shape index (κ1) is 11.2. The molecule has 0 aliphatic heterocycles. The number of hydrogen-bond donors (Lipinski definition) is 0. The summed E-state index contributed by atoms with van der Waals surface area (Å²) in [5.41, 5.74) is 2.62. The molecule has 0 amide bonds. The summed E-state index contributed by atoms with van der Waals surface area (Å²) in [5, 5.41) is 0. The Labute approximate surface area is 116 Å². The van der Waals surface area contributed by atoms with Crippen molar-refractivity contribution in [2.45, 2.75) is 0 Å². The van der Waals surface area contributed by atoms with Crippen LogP contribution in [0.3, 0.4) is 0 Å². The topological polar surface area (TPSA) is 0 Å². The Balaban J connectivity index is 0.000000902. The van der Waals surface area contributed by atoms with Crippen molar-refractivity contribution in [2.75, 3.05) is 0 Å². The summed E-state index contributed by atoms with van der Waals surface area (Å²) < 4.78 is 0. The standard InChI is InChI=1S/C16H12.W/c1-2-4-12(5-3-1)15-10-11-6-8-13-14(9-7-11)16(13)15;/h1-4,6-9,11,13-14,16H;/q-2;+2. The van der Waals surface area contributed by atoms with E-state index in [4.69, 9.17) is 0 Å². The summed E-state index contributed by atoms with van der Waals surface area (Å²) in [4.78, 5) is 0. The van der Waals surface area contributed by atoms with E-state index in [0.717, 1.165) is 11.8 Å². The summed E-state index contributed by atoms with van der Waals surface area (Å²) in [6.45, 7) is 0. The average Bonchev–Trinajstić information content (AvgIpc) is 3.08. The van der Waals surface area contributed by atoms with Gasteiger partial charge in [0, 0.05) is 0 Å². The summed E-state index contributed by atoms with van der Waals surface area (Å²) >= 11 is 0. The fourth-order valence-corrected chi connectivity index (χ4v) is 2.99. The van der Waals surface area contributed by atoms with Gasteiger partial charge in [-0.25, -0.2) is 12.1 Å². The third-order valence-corrected chi connectivity index (χ3v) is 3.87. The van der Waals surface area contributed by atoms with Crippen molar-refractivity contribution in [3.8, 4) is 0 Å². The van der Waals surface area contributed by atoms with Crippen molar-refractivity contribution in [1.29, 1.82) is 0 Å². The van der Waals surface area contributed by atoms with E-state index in [9.17, 15) is 0 Å². The summed E-state index contributed by atoms with van der Waals surface area (Å²) in [5.74, 6) is 2.49. The fraction of sp³-hybridized carbons (Fsp3) is 0.250. The van der Waals surface area contributed by atoms with Gasteiger partial charge in [0.15, 0.2) is 0 Å². The second kappa shape index (κ2) is 4.10. The van der Waals surface area contributed by atoms with Gasteiger partial charge in [-0.15, -0.1) is 6.07 Å². The van der Waals surface area contributed by atoms with E-state index in [1.165, 1.54) is 11.1 Å². The van der Waals surface area contributed by atoms with Crippen LogP contribution < -0.4 is 0 Å². The molecule has 0 nitrogen and oxygen atoms in total.